The van der Waals surface area contributed by atoms with Crippen molar-refractivity contribution in [2.24, 2.45) is 0 Å². The number of anilines is 2. The first-order valence-electron chi connectivity index (χ1n) is 9.91. The van der Waals surface area contributed by atoms with Crippen molar-refractivity contribution in [1.29, 1.82) is 0 Å². The van der Waals surface area contributed by atoms with Crippen LogP contribution in [0.5, 0.6) is 11.5 Å². The van der Waals surface area contributed by atoms with Gasteiger partial charge in [0.2, 0.25) is 0 Å². The molecule has 0 aliphatic heterocycles. The van der Waals surface area contributed by atoms with Gasteiger partial charge in [-0.25, -0.2) is 4.98 Å². The largest absolute Gasteiger partial charge is 0.493 e. The third-order valence-electron chi connectivity index (χ3n) is 4.62. The number of aromatic nitrogens is 1. The molecule has 29 heavy (non-hydrogen) atoms. The second-order valence-corrected chi connectivity index (χ2v) is 7.71. The molecule has 6 heteroatoms. The smallest absolute Gasteiger partial charge is 0.187 e. The van der Waals surface area contributed by atoms with Gasteiger partial charge < -0.3 is 14.8 Å². The zero-order chi connectivity index (χ0) is 20.6. The van der Waals surface area contributed by atoms with Gasteiger partial charge in [-0.05, 0) is 50.2 Å². The minimum atomic E-state index is 0.625. The zero-order valence-corrected chi connectivity index (χ0v) is 18.4. The lowest BCUT2D eigenvalue weighted by molar-refractivity contribution is 0.267. The summed E-state index contributed by atoms with van der Waals surface area (Å²) in [5, 5.41) is 6.43. The normalized spacial score (nSPS) is 10.9. The Morgan fingerprint density at radius 3 is 2.52 bits per heavy atom. The van der Waals surface area contributed by atoms with Crippen LogP contribution in [0.15, 0.2) is 47.8 Å². The molecule has 0 aliphatic rings. The summed E-state index contributed by atoms with van der Waals surface area (Å²) in [4.78, 5) is 7.11. The van der Waals surface area contributed by atoms with Crippen LogP contribution in [0.1, 0.15) is 30.7 Å². The van der Waals surface area contributed by atoms with Gasteiger partial charge in [0.15, 0.2) is 16.6 Å². The molecule has 1 heterocycles. The minimum absolute atomic E-state index is 0.625. The van der Waals surface area contributed by atoms with E-state index in [4.69, 9.17) is 14.5 Å². The lowest BCUT2D eigenvalue weighted by Crippen LogP contribution is -2.22. The second kappa shape index (κ2) is 10.3. The Labute approximate surface area is 177 Å². The number of hydrogen-bond acceptors (Lipinski definition) is 6. The topological polar surface area (TPSA) is 46.6 Å². The van der Waals surface area contributed by atoms with Crippen molar-refractivity contribution in [3.8, 4) is 11.5 Å². The maximum absolute atomic E-state index is 5.61. The predicted molar refractivity (Wildman–Crippen MR) is 121 cm³/mol. The monoisotopic (exact) mass is 411 g/mol. The van der Waals surface area contributed by atoms with E-state index in [1.165, 1.54) is 11.1 Å². The van der Waals surface area contributed by atoms with E-state index in [9.17, 15) is 0 Å². The number of thiazole rings is 1. The van der Waals surface area contributed by atoms with E-state index in [0.29, 0.717) is 6.61 Å². The van der Waals surface area contributed by atoms with E-state index >= 15 is 0 Å². The molecule has 0 atom stereocenters. The molecule has 0 radical (unpaired) electrons. The van der Waals surface area contributed by atoms with Gasteiger partial charge >= 0.3 is 0 Å². The van der Waals surface area contributed by atoms with Crippen molar-refractivity contribution >= 4 is 22.2 Å². The van der Waals surface area contributed by atoms with Gasteiger partial charge in [-0.2, -0.15) is 0 Å². The number of ether oxygens (including phenoxy) is 2. The van der Waals surface area contributed by atoms with Crippen molar-refractivity contribution in [1.82, 2.24) is 9.88 Å². The van der Waals surface area contributed by atoms with E-state index in [-0.39, 0.29) is 0 Å². The molecular formula is C23H29N3O2S. The summed E-state index contributed by atoms with van der Waals surface area (Å²) in [6, 6.07) is 14.5. The predicted octanol–water partition coefficient (Wildman–Crippen LogP) is 5.62. The Morgan fingerprint density at radius 1 is 1.03 bits per heavy atom. The van der Waals surface area contributed by atoms with Crippen molar-refractivity contribution in [2.45, 2.75) is 33.9 Å². The Bertz CT molecular complexity index is 909. The van der Waals surface area contributed by atoms with E-state index in [0.717, 1.165) is 47.6 Å². The maximum atomic E-state index is 5.61. The number of methoxy groups -OCH3 is 1. The first kappa shape index (κ1) is 21.1. The number of aryl methyl sites for hydroxylation is 1. The highest BCUT2D eigenvalue weighted by atomic mass is 32.1. The average Bonchev–Trinajstić information content (AvgIpc) is 3.17. The molecule has 0 amide bonds. The number of rotatable bonds is 10. The molecule has 154 valence electrons. The lowest BCUT2D eigenvalue weighted by atomic mass is 10.2. The molecular weight excluding hydrogens is 382 g/mol. The summed E-state index contributed by atoms with van der Waals surface area (Å²) in [6.07, 6.45) is 0. The Balaban J connectivity index is 1.63. The van der Waals surface area contributed by atoms with E-state index in [1.54, 1.807) is 18.4 Å². The van der Waals surface area contributed by atoms with E-state index < -0.39 is 0 Å². The number of benzene rings is 2. The first-order chi connectivity index (χ1) is 14.1. The lowest BCUT2D eigenvalue weighted by Gasteiger charge is -2.20. The highest BCUT2D eigenvalue weighted by Gasteiger charge is 2.11. The summed E-state index contributed by atoms with van der Waals surface area (Å²) >= 11 is 1.64. The van der Waals surface area contributed by atoms with Gasteiger partial charge in [0, 0.05) is 24.2 Å². The fourth-order valence-electron chi connectivity index (χ4n) is 3.05. The Kier molecular flexibility index (Phi) is 7.49. The van der Waals surface area contributed by atoms with Crippen molar-refractivity contribution in [2.75, 3.05) is 25.6 Å². The zero-order valence-electron chi connectivity index (χ0n) is 17.6. The van der Waals surface area contributed by atoms with Crippen LogP contribution in [0.3, 0.4) is 0 Å². The van der Waals surface area contributed by atoms with Crippen LogP contribution in [0, 0.1) is 6.92 Å². The summed E-state index contributed by atoms with van der Waals surface area (Å²) < 4.78 is 11.1. The molecule has 1 aromatic heterocycles. The van der Waals surface area contributed by atoms with Gasteiger partial charge in [0.25, 0.3) is 0 Å². The molecule has 0 saturated heterocycles. The van der Waals surface area contributed by atoms with Gasteiger partial charge in [-0.3, -0.25) is 4.90 Å². The van der Waals surface area contributed by atoms with Crippen LogP contribution in [0.25, 0.3) is 0 Å². The first-order valence-corrected chi connectivity index (χ1v) is 10.8. The van der Waals surface area contributed by atoms with Crippen molar-refractivity contribution in [3.05, 3.63) is 64.7 Å². The molecule has 5 nitrogen and oxygen atoms in total. The summed E-state index contributed by atoms with van der Waals surface area (Å²) in [5.74, 6) is 1.56. The second-order valence-electron chi connectivity index (χ2n) is 6.86. The van der Waals surface area contributed by atoms with Crippen molar-refractivity contribution < 1.29 is 9.47 Å². The quantitative estimate of drug-likeness (QED) is 0.469. The molecule has 2 aromatic carbocycles. The molecule has 0 bridgehead atoms. The van der Waals surface area contributed by atoms with Crippen LogP contribution >= 0.6 is 11.3 Å². The van der Waals surface area contributed by atoms with Crippen LogP contribution in [-0.2, 0) is 13.1 Å². The molecule has 1 N–H and O–H groups in total. The van der Waals surface area contributed by atoms with Crippen LogP contribution in [-0.4, -0.2) is 30.1 Å². The van der Waals surface area contributed by atoms with E-state index in [2.05, 4.69) is 65.8 Å². The molecule has 0 fully saturated rings. The third kappa shape index (κ3) is 5.95. The molecule has 0 saturated carbocycles. The summed E-state index contributed by atoms with van der Waals surface area (Å²) in [5.41, 5.74) is 4.58. The fourth-order valence-corrected chi connectivity index (χ4v) is 3.77. The van der Waals surface area contributed by atoms with Crippen LogP contribution < -0.4 is 14.8 Å². The molecule has 0 spiro atoms. The number of hydrogen-bond donors (Lipinski definition) is 1. The van der Waals surface area contributed by atoms with E-state index in [1.807, 2.05) is 13.0 Å². The number of nitrogens with zero attached hydrogens (tertiary/aromatic N) is 2. The molecule has 0 unspecified atom stereocenters. The van der Waals surface area contributed by atoms with Gasteiger partial charge in [-0.15, -0.1) is 11.3 Å². The standard InChI is InChI=1S/C23H29N3O2S/c1-5-26(14-18-9-12-21(28-6-2)22(13-18)27-4)15-20-16-29-23(25-20)24-19-10-7-17(3)8-11-19/h7-13,16H,5-6,14-15H2,1-4H3,(H,24,25). The van der Waals surface area contributed by atoms with Crippen molar-refractivity contribution in [3.63, 3.8) is 0 Å². The third-order valence-corrected chi connectivity index (χ3v) is 5.43. The summed E-state index contributed by atoms with van der Waals surface area (Å²) in [6.45, 7) is 9.43. The average molecular weight is 412 g/mol. The van der Waals surface area contributed by atoms with Gasteiger partial charge in [0.1, 0.15) is 0 Å². The fraction of sp³-hybridized carbons (Fsp3) is 0.348. The molecule has 0 aliphatic carbocycles. The van der Waals surface area contributed by atoms with Gasteiger partial charge in [-0.1, -0.05) is 30.7 Å². The molecule has 3 rings (SSSR count). The summed E-state index contributed by atoms with van der Waals surface area (Å²) in [7, 11) is 1.68. The maximum Gasteiger partial charge on any atom is 0.187 e. The highest BCUT2D eigenvalue weighted by molar-refractivity contribution is 7.13. The SMILES string of the molecule is CCOc1ccc(CN(CC)Cc2csc(Nc3ccc(C)cc3)n2)cc1OC. The van der Waals surface area contributed by atoms with Crippen LogP contribution in [0.2, 0.25) is 0 Å². The highest BCUT2D eigenvalue weighted by Crippen LogP contribution is 2.29. The van der Waals surface area contributed by atoms with Crippen LogP contribution in [0.4, 0.5) is 10.8 Å². The molecule has 3 aromatic rings. The minimum Gasteiger partial charge on any atom is -0.493 e. The Hall–Kier alpha value is -2.57. The Morgan fingerprint density at radius 2 is 1.83 bits per heavy atom. The number of nitrogens with one attached hydrogen (secondary N) is 1. The van der Waals surface area contributed by atoms with Gasteiger partial charge in [0.05, 0.1) is 19.4 Å².